The summed E-state index contributed by atoms with van der Waals surface area (Å²) in [5.41, 5.74) is 4.27. The number of aromatic hydroxyl groups is 1. The molecule has 0 radical (unpaired) electrons. The van der Waals surface area contributed by atoms with E-state index in [1.807, 2.05) is 42.5 Å². The van der Waals surface area contributed by atoms with Gasteiger partial charge < -0.3 is 9.84 Å². The lowest BCUT2D eigenvalue weighted by Crippen LogP contribution is -2.33. The standard InChI is InChI=1S/C31H33NO4S.ClH/c1-37(34,35)28-13-7-24(8-14-28)29-15-9-25-22-26(33)10-16-30(25)31(29)21-23-5-11-27(12-6-23)36-20-19-32-17-3-2-4-18-32;/h5-16,22,33H,2-4,17-21H2,1H3;1H. The molecule has 0 unspecified atom stereocenters. The van der Waals surface area contributed by atoms with Crippen molar-refractivity contribution in [1.29, 1.82) is 0 Å². The van der Waals surface area contributed by atoms with Crippen LogP contribution in [0.5, 0.6) is 11.5 Å². The fourth-order valence-corrected chi connectivity index (χ4v) is 5.74. The maximum absolute atomic E-state index is 11.9. The molecular weight excluding hydrogens is 518 g/mol. The summed E-state index contributed by atoms with van der Waals surface area (Å²) in [6.45, 7) is 4.00. The molecule has 1 aliphatic heterocycles. The average Bonchev–Trinajstić information content (AvgIpc) is 2.90. The number of halogens is 1. The second-order valence-electron chi connectivity index (χ2n) is 9.87. The lowest BCUT2D eigenvalue weighted by atomic mass is 9.90. The molecule has 38 heavy (non-hydrogen) atoms. The molecule has 0 saturated carbocycles. The third-order valence-electron chi connectivity index (χ3n) is 7.14. The predicted octanol–water partition coefficient (Wildman–Crippen LogP) is 6.49. The van der Waals surface area contributed by atoms with E-state index in [0.717, 1.165) is 45.3 Å². The molecule has 0 aliphatic carbocycles. The van der Waals surface area contributed by atoms with Gasteiger partial charge in [-0.3, -0.25) is 4.90 Å². The van der Waals surface area contributed by atoms with Crippen molar-refractivity contribution in [3.8, 4) is 22.6 Å². The highest BCUT2D eigenvalue weighted by Crippen LogP contribution is 2.34. The number of ether oxygens (including phenoxy) is 1. The highest BCUT2D eigenvalue weighted by molar-refractivity contribution is 7.90. The Hall–Kier alpha value is -3.06. The Morgan fingerprint density at radius 2 is 1.58 bits per heavy atom. The van der Waals surface area contributed by atoms with E-state index in [4.69, 9.17) is 4.74 Å². The molecule has 0 amide bonds. The van der Waals surface area contributed by atoms with E-state index in [1.165, 1.54) is 38.6 Å². The lowest BCUT2D eigenvalue weighted by Gasteiger charge is -2.26. The van der Waals surface area contributed by atoms with Crippen molar-refractivity contribution < 1.29 is 18.3 Å². The normalized spacial score (nSPS) is 14.2. The Labute approximate surface area is 231 Å². The van der Waals surface area contributed by atoms with E-state index in [9.17, 15) is 13.5 Å². The molecule has 5 nitrogen and oxygen atoms in total. The van der Waals surface area contributed by atoms with Crippen LogP contribution in [0.3, 0.4) is 0 Å². The number of rotatable bonds is 8. The van der Waals surface area contributed by atoms with E-state index in [1.54, 1.807) is 24.3 Å². The van der Waals surface area contributed by atoms with Crippen LogP contribution >= 0.6 is 12.4 Å². The largest absolute Gasteiger partial charge is 0.508 e. The number of phenolic OH excluding ortho intramolecular Hbond substituents is 1. The highest BCUT2D eigenvalue weighted by atomic mass is 35.5. The summed E-state index contributed by atoms with van der Waals surface area (Å²) in [7, 11) is -3.26. The van der Waals surface area contributed by atoms with Gasteiger partial charge in [0.1, 0.15) is 18.1 Å². The van der Waals surface area contributed by atoms with Gasteiger partial charge in [0.25, 0.3) is 0 Å². The second kappa shape index (κ2) is 12.2. The fraction of sp³-hybridized carbons (Fsp3) is 0.290. The number of likely N-dealkylation sites (tertiary alicyclic amines) is 1. The van der Waals surface area contributed by atoms with Crippen LogP contribution in [-0.4, -0.2) is 50.9 Å². The van der Waals surface area contributed by atoms with Gasteiger partial charge in [0.15, 0.2) is 9.84 Å². The van der Waals surface area contributed by atoms with Crippen molar-refractivity contribution in [3.63, 3.8) is 0 Å². The Bertz CT molecular complexity index is 1480. The number of fused-ring (bicyclic) bond motifs is 1. The van der Waals surface area contributed by atoms with Crippen LogP contribution in [-0.2, 0) is 16.3 Å². The first-order valence-electron chi connectivity index (χ1n) is 12.9. The average molecular weight is 552 g/mol. The van der Waals surface area contributed by atoms with Crippen LogP contribution in [0, 0.1) is 0 Å². The van der Waals surface area contributed by atoms with E-state index in [2.05, 4.69) is 17.0 Å². The topological polar surface area (TPSA) is 66.8 Å². The van der Waals surface area contributed by atoms with E-state index < -0.39 is 9.84 Å². The fourth-order valence-electron chi connectivity index (χ4n) is 5.11. The summed E-state index contributed by atoms with van der Waals surface area (Å²) in [6.07, 6.45) is 5.82. The van der Waals surface area contributed by atoms with Crippen LogP contribution in [0.2, 0.25) is 0 Å². The second-order valence-corrected chi connectivity index (χ2v) is 11.9. The number of hydrogen-bond acceptors (Lipinski definition) is 5. The van der Waals surface area contributed by atoms with Crippen molar-refractivity contribution in [3.05, 3.63) is 90.0 Å². The third-order valence-corrected chi connectivity index (χ3v) is 8.27. The SMILES string of the molecule is CS(=O)(=O)c1ccc(-c2ccc3cc(O)ccc3c2Cc2ccc(OCCN3CCCCC3)cc2)cc1.Cl. The van der Waals surface area contributed by atoms with Gasteiger partial charge in [-0.2, -0.15) is 0 Å². The molecule has 1 N–H and O–H groups in total. The molecule has 1 saturated heterocycles. The Morgan fingerprint density at radius 3 is 2.26 bits per heavy atom. The molecule has 7 heteroatoms. The minimum atomic E-state index is -3.26. The van der Waals surface area contributed by atoms with Crippen LogP contribution in [0.4, 0.5) is 0 Å². The predicted molar refractivity (Wildman–Crippen MR) is 156 cm³/mol. The quantitative estimate of drug-likeness (QED) is 0.271. The summed E-state index contributed by atoms with van der Waals surface area (Å²) < 4.78 is 29.9. The first-order chi connectivity index (χ1) is 17.9. The summed E-state index contributed by atoms with van der Waals surface area (Å²) in [4.78, 5) is 2.78. The molecule has 1 heterocycles. The van der Waals surface area contributed by atoms with Crippen molar-refractivity contribution in [1.82, 2.24) is 4.90 Å². The number of piperidine rings is 1. The van der Waals surface area contributed by atoms with Crippen LogP contribution < -0.4 is 4.74 Å². The number of benzene rings is 4. The number of phenols is 1. The zero-order valence-electron chi connectivity index (χ0n) is 21.6. The summed E-state index contributed by atoms with van der Waals surface area (Å²) in [5, 5.41) is 12.0. The molecule has 1 fully saturated rings. The van der Waals surface area contributed by atoms with Crippen molar-refractivity contribution in [2.24, 2.45) is 0 Å². The van der Waals surface area contributed by atoms with Gasteiger partial charge in [0.05, 0.1) is 4.90 Å². The Morgan fingerprint density at radius 1 is 0.868 bits per heavy atom. The molecule has 5 rings (SSSR count). The molecule has 0 spiro atoms. The number of sulfone groups is 1. The molecule has 0 bridgehead atoms. The van der Waals surface area contributed by atoms with Gasteiger partial charge in [0, 0.05) is 12.8 Å². The lowest BCUT2D eigenvalue weighted by molar-refractivity contribution is 0.183. The summed E-state index contributed by atoms with van der Waals surface area (Å²) in [5.74, 6) is 1.11. The maximum atomic E-state index is 11.9. The molecule has 1 aliphatic rings. The van der Waals surface area contributed by atoms with Crippen LogP contribution in [0.1, 0.15) is 30.4 Å². The van der Waals surface area contributed by atoms with Gasteiger partial charge >= 0.3 is 0 Å². The van der Waals surface area contributed by atoms with Crippen molar-refractivity contribution in [2.75, 3.05) is 32.5 Å². The van der Waals surface area contributed by atoms with Crippen LogP contribution in [0.25, 0.3) is 21.9 Å². The maximum Gasteiger partial charge on any atom is 0.175 e. The highest BCUT2D eigenvalue weighted by Gasteiger charge is 2.14. The van der Waals surface area contributed by atoms with E-state index in [-0.39, 0.29) is 18.2 Å². The van der Waals surface area contributed by atoms with Gasteiger partial charge in [-0.05, 0) is 102 Å². The van der Waals surface area contributed by atoms with Crippen LogP contribution in [0.15, 0.2) is 83.8 Å². The number of nitrogens with zero attached hydrogens (tertiary/aromatic N) is 1. The van der Waals surface area contributed by atoms with Crippen molar-refractivity contribution >= 4 is 33.0 Å². The summed E-state index contributed by atoms with van der Waals surface area (Å²) in [6, 6.07) is 24.8. The van der Waals surface area contributed by atoms with Gasteiger partial charge in [-0.1, -0.05) is 48.9 Å². The Balaban J connectivity index is 0.00000336. The molecule has 200 valence electrons. The zero-order valence-corrected chi connectivity index (χ0v) is 23.2. The first-order valence-corrected chi connectivity index (χ1v) is 14.8. The Kier molecular flexibility index (Phi) is 8.98. The molecule has 0 atom stereocenters. The van der Waals surface area contributed by atoms with Gasteiger partial charge in [-0.15, -0.1) is 12.4 Å². The van der Waals surface area contributed by atoms with E-state index in [0.29, 0.717) is 17.9 Å². The summed E-state index contributed by atoms with van der Waals surface area (Å²) >= 11 is 0. The third kappa shape index (κ3) is 6.68. The molecule has 0 aromatic heterocycles. The first kappa shape index (κ1) is 28.0. The minimum absolute atomic E-state index is 0. The molecular formula is C31H34ClNO4S. The van der Waals surface area contributed by atoms with E-state index >= 15 is 0 Å². The van der Waals surface area contributed by atoms with Gasteiger partial charge in [0.2, 0.25) is 0 Å². The van der Waals surface area contributed by atoms with Crippen molar-refractivity contribution in [2.45, 2.75) is 30.6 Å². The smallest absolute Gasteiger partial charge is 0.175 e. The monoisotopic (exact) mass is 551 g/mol. The zero-order chi connectivity index (χ0) is 25.8. The molecule has 4 aromatic carbocycles. The van der Waals surface area contributed by atoms with Gasteiger partial charge in [-0.25, -0.2) is 8.42 Å². The number of hydrogen-bond donors (Lipinski definition) is 1. The molecule has 4 aromatic rings. The minimum Gasteiger partial charge on any atom is -0.508 e.